The monoisotopic (exact) mass is 373 g/mol. The van der Waals surface area contributed by atoms with Gasteiger partial charge in [-0.05, 0) is 43.7 Å². The van der Waals surface area contributed by atoms with E-state index in [1.54, 1.807) is 11.0 Å². The number of aromatic nitrogens is 1. The fourth-order valence-electron chi connectivity index (χ4n) is 3.23. The zero-order valence-corrected chi connectivity index (χ0v) is 15.0. The molecule has 1 atom stereocenters. The highest BCUT2D eigenvalue weighted by Gasteiger charge is 2.32. The summed E-state index contributed by atoms with van der Waals surface area (Å²) < 4.78 is 5.37. The van der Waals surface area contributed by atoms with Crippen molar-refractivity contribution in [1.29, 1.82) is 0 Å². The first-order valence-corrected chi connectivity index (χ1v) is 9.31. The van der Waals surface area contributed by atoms with E-state index in [1.807, 2.05) is 18.2 Å². The number of anilines is 1. The van der Waals surface area contributed by atoms with E-state index < -0.39 is 6.04 Å². The van der Waals surface area contributed by atoms with E-state index in [0.717, 1.165) is 12.8 Å². The lowest BCUT2D eigenvalue weighted by Gasteiger charge is -2.33. The molecule has 1 saturated heterocycles. The normalized spacial score (nSPS) is 20.3. The number of oxazole rings is 1. The number of hydrogen-bond acceptors (Lipinski definition) is 4. The molecule has 1 N–H and O–H groups in total. The average molecular weight is 374 g/mol. The quantitative estimate of drug-likeness (QED) is 0.873. The minimum absolute atomic E-state index is 0.153. The van der Waals surface area contributed by atoms with E-state index in [1.165, 1.54) is 19.1 Å². The molecule has 2 heterocycles. The highest BCUT2D eigenvalue weighted by molar-refractivity contribution is 6.33. The van der Waals surface area contributed by atoms with Crippen LogP contribution in [0.25, 0.3) is 0 Å². The number of hydrogen-bond donors (Lipinski definition) is 1. The molecule has 26 heavy (non-hydrogen) atoms. The van der Waals surface area contributed by atoms with Gasteiger partial charge in [-0.3, -0.25) is 9.59 Å². The molecule has 1 aromatic heterocycles. The minimum Gasteiger partial charge on any atom is -0.448 e. The highest BCUT2D eigenvalue weighted by atomic mass is 35.5. The summed E-state index contributed by atoms with van der Waals surface area (Å²) in [7, 11) is 0. The van der Waals surface area contributed by atoms with Gasteiger partial charge in [-0.2, -0.15) is 0 Å². The first-order valence-electron chi connectivity index (χ1n) is 8.93. The van der Waals surface area contributed by atoms with Crippen molar-refractivity contribution >= 4 is 29.1 Å². The fraction of sp³-hybridized carbons (Fsp3) is 0.421. The molecule has 0 bridgehead atoms. The van der Waals surface area contributed by atoms with Gasteiger partial charge in [0.05, 0.1) is 10.7 Å². The molecule has 1 saturated carbocycles. The Kier molecular flexibility index (Phi) is 4.68. The highest BCUT2D eigenvalue weighted by Crippen LogP contribution is 2.32. The molecular weight excluding hydrogens is 354 g/mol. The molecule has 1 aliphatic heterocycles. The Labute approximate surface area is 156 Å². The molecular formula is C19H20ClN3O3. The molecule has 1 aromatic carbocycles. The Hall–Kier alpha value is -2.34. The smallest absolute Gasteiger partial charge is 0.273 e. The van der Waals surface area contributed by atoms with E-state index >= 15 is 0 Å². The van der Waals surface area contributed by atoms with Crippen molar-refractivity contribution in [3.63, 3.8) is 0 Å². The molecule has 2 fully saturated rings. The molecule has 1 aliphatic carbocycles. The maximum absolute atomic E-state index is 12.8. The van der Waals surface area contributed by atoms with Crippen LogP contribution >= 0.6 is 11.6 Å². The maximum Gasteiger partial charge on any atom is 0.273 e. The lowest BCUT2D eigenvalue weighted by molar-refractivity contribution is -0.121. The number of nitrogens with one attached hydrogen (secondary N) is 1. The summed E-state index contributed by atoms with van der Waals surface area (Å²) in [5, 5.41) is 3.31. The van der Waals surface area contributed by atoms with E-state index in [0.29, 0.717) is 35.5 Å². The van der Waals surface area contributed by atoms with Crippen LogP contribution < -0.4 is 10.2 Å². The van der Waals surface area contributed by atoms with Gasteiger partial charge in [0.2, 0.25) is 5.91 Å². The van der Waals surface area contributed by atoms with Crippen molar-refractivity contribution in [1.82, 2.24) is 10.3 Å². The molecule has 2 amide bonds. The maximum atomic E-state index is 12.8. The zero-order valence-electron chi connectivity index (χ0n) is 14.3. The van der Waals surface area contributed by atoms with Gasteiger partial charge < -0.3 is 14.6 Å². The molecule has 0 radical (unpaired) electrons. The summed E-state index contributed by atoms with van der Waals surface area (Å²) in [6.45, 7) is 0.588. The van der Waals surface area contributed by atoms with Crippen molar-refractivity contribution in [3.05, 3.63) is 47.1 Å². The van der Waals surface area contributed by atoms with Crippen LogP contribution in [0.3, 0.4) is 0 Å². The summed E-state index contributed by atoms with van der Waals surface area (Å²) in [4.78, 5) is 31.1. The number of para-hydroxylation sites is 1. The molecule has 7 heteroatoms. The van der Waals surface area contributed by atoms with Crippen LogP contribution in [0.4, 0.5) is 5.69 Å². The topological polar surface area (TPSA) is 75.4 Å². The molecule has 2 aliphatic rings. The number of halogens is 1. The molecule has 0 spiro atoms. The van der Waals surface area contributed by atoms with Crippen LogP contribution in [-0.2, 0) is 11.2 Å². The van der Waals surface area contributed by atoms with Crippen LogP contribution in [0, 0.1) is 5.92 Å². The predicted octanol–water partition coefficient (Wildman–Crippen LogP) is 3.21. The van der Waals surface area contributed by atoms with Gasteiger partial charge >= 0.3 is 0 Å². The largest absolute Gasteiger partial charge is 0.448 e. The van der Waals surface area contributed by atoms with Crippen molar-refractivity contribution in [2.45, 2.75) is 38.1 Å². The van der Waals surface area contributed by atoms with Crippen LogP contribution in [0.5, 0.6) is 0 Å². The second-order valence-corrected chi connectivity index (χ2v) is 7.29. The molecule has 2 aromatic rings. The standard InChI is InChI=1S/C19H20ClN3O3/c20-13-4-1-2-6-16(13)23-9-3-5-14(19(23)25)22-18(24)15-11-26-17(21-15)10-12-7-8-12/h1-2,4,6,11-12,14H,3,5,7-10H2,(H,22,24)/t14-/m0/s1. The van der Waals surface area contributed by atoms with Crippen molar-refractivity contribution < 1.29 is 14.0 Å². The number of amides is 2. The van der Waals surface area contributed by atoms with E-state index in [-0.39, 0.29) is 17.5 Å². The third-order valence-electron chi connectivity index (χ3n) is 4.83. The molecule has 6 nitrogen and oxygen atoms in total. The third kappa shape index (κ3) is 3.60. The summed E-state index contributed by atoms with van der Waals surface area (Å²) >= 11 is 6.22. The van der Waals surface area contributed by atoms with E-state index in [4.69, 9.17) is 16.0 Å². The van der Waals surface area contributed by atoms with Crippen LogP contribution in [0.15, 0.2) is 34.9 Å². The number of carbonyl (C=O) groups is 2. The third-order valence-corrected chi connectivity index (χ3v) is 5.15. The Balaban J connectivity index is 1.43. The van der Waals surface area contributed by atoms with Crippen LogP contribution in [0.2, 0.25) is 5.02 Å². The van der Waals surface area contributed by atoms with Gasteiger partial charge in [-0.15, -0.1) is 0 Å². The van der Waals surface area contributed by atoms with Gasteiger partial charge in [-0.25, -0.2) is 4.98 Å². The first-order chi connectivity index (χ1) is 12.6. The van der Waals surface area contributed by atoms with Gasteiger partial charge in [0, 0.05) is 13.0 Å². The SMILES string of the molecule is O=C(N[C@H]1CCCN(c2ccccc2Cl)C1=O)c1coc(CC2CC2)n1. The molecule has 4 rings (SSSR count). The van der Waals surface area contributed by atoms with Crippen molar-refractivity contribution in [2.75, 3.05) is 11.4 Å². The number of benzene rings is 1. The molecule has 0 unspecified atom stereocenters. The Morgan fingerprint density at radius 2 is 2.12 bits per heavy atom. The second-order valence-electron chi connectivity index (χ2n) is 6.88. The minimum atomic E-state index is -0.587. The van der Waals surface area contributed by atoms with E-state index in [9.17, 15) is 9.59 Å². The Morgan fingerprint density at radius 3 is 2.88 bits per heavy atom. The lowest BCUT2D eigenvalue weighted by Crippen LogP contribution is -2.52. The second kappa shape index (κ2) is 7.11. The predicted molar refractivity (Wildman–Crippen MR) is 97.2 cm³/mol. The summed E-state index contributed by atoms with van der Waals surface area (Å²) in [5.41, 5.74) is 0.898. The fourth-order valence-corrected chi connectivity index (χ4v) is 3.47. The first kappa shape index (κ1) is 17.1. The van der Waals surface area contributed by atoms with Gasteiger partial charge in [-0.1, -0.05) is 23.7 Å². The van der Waals surface area contributed by atoms with Crippen molar-refractivity contribution in [2.24, 2.45) is 5.92 Å². The number of nitrogens with zero attached hydrogens (tertiary/aromatic N) is 2. The van der Waals surface area contributed by atoms with E-state index in [2.05, 4.69) is 10.3 Å². The van der Waals surface area contributed by atoms with Gasteiger partial charge in [0.15, 0.2) is 11.6 Å². The summed E-state index contributed by atoms with van der Waals surface area (Å²) in [5.74, 6) is 0.688. The Morgan fingerprint density at radius 1 is 1.31 bits per heavy atom. The summed E-state index contributed by atoms with van der Waals surface area (Å²) in [6.07, 6.45) is 5.91. The Bertz CT molecular complexity index is 831. The lowest BCUT2D eigenvalue weighted by atomic mass is 10.0. The zero-order chi connectivity index (χ0) is 18.1. The number of piperidine rings is 1. The summed E-state index contributed by atoms with van der Waals surface area (Å²) in [6, 6.07) is 6.64. The average Bonchev–Trinajstić information content (AvgIpc) is 3.32. The number of rotatable bonds is 5. The van der Waals surface area contributed by atoms with Crippen LogP contribution in [0.1, 0.15) is 42.1 Å². The molecule has 136 valence electrons. The van der Waals surface area contributed by atoms with Gasteiger partial charge in [0.25, 0.3) is 5.91 Å². The van der Waals surface area contributed by atoms with Gasteiger partial charge in [0.1, 0.15) is 12.3 Å². The van der Waals surface area contributed by atoms with Crippen LogP contribution in [-0.4, -0.2) is 29.4 Å². The van der Waals surface area contributed by atoms with Crippen molar-refractivity contribution in [3.8, 4) is 0 Å². The number of carbonyl (C=O) groups excluding carboxylic acids is 2.